The van der Waals surface area contributed by atoms with E-state index < -0.39 is 5.97 Å². The third kappa shape index (κ3) is 3.61. The van der Waals surface area contributed by atoms with Crippen molar-refractivity contribution in [3.05, 3.63) is 69.6 Å². The Morgan fingerprint density at radius 1 is 1.21 bits per heavy atom. The van der Waals surface area contributed by atoms with Crippen molar-refractivity contribution in [2.24, 2.45) is 0 Å². The fourth-order valence-corrected chi connectivity index (χ4v) is 4.36. The number of hydrogen-bond donors (Lipinski definition) is 1. The van der Waals surface area contributed by atoms with Crippen LogP contribution in [0.5, 0.6) is 5.75 Å². The van der Waals surface area contributed by atoms with E-state index in [1.165, 1.54) is 16.7 Å². The summed E-state index contributed by atoms with van der Waals surface area (Å²) in [5.41, 5.74) is -0.312. The molecule has 0 aliphatic carbocycles. The molecule has 0 unspecified atom stereocenters. The van der Waals surface area contributed by atoms with E-state index in [4.69, 9.17) is 4.74 Å². The van der Waals surface area contributed by atoms with Crippen LogP contribution in [0.3, 0.4) is 0 Å². The van der Waals surface area contributed by atoms with E-state index in [2.05, 4.69) is 4.98 Å². The molecule has 29 heavy (non-hydrogen) atoms. The highest BCUT2D eigenvalue weighted by molar-refractivity contribution is 7.17. The fraction of sp³-hybridized carbons (Fsp3) is 0.227. The SMILES string of the molecule is CCCc1nc2scc(C(=O)O)c2c(=O)n1CCOc1cccc2ccccc12. The number of hydrogen-bond acceptors (Lipinski definition) is 5. The van der Waals surface area contributed by atoms with E-state index >= 15 is 0 Å². The third-order valence-electron chi connectivity index (χ3n) is 4.80. The zero-order chi connectivity index (χ0) is 20.4. The van der Waals surface area contributed by atoms with Crippen molar-refractivity contribution in [1.82, 2.24) is 9.55 Å². The molecule has 0 amide bonds. The van der Waals surface area contributed by atoms with Crippen molar-refractivity contribution in [3.8, 4) is 5.75 Å². The highest BCUT2D eigenvalue weighted by Crippen LogP contribution is 2.25. The minimum Gasteiger partial charge on any atom is -0.491 e. The van der Waals surface area contributed by atoms with Crippen molar-refractivity contribution in [2.45, 2.75) is 26.3 Å². The monoisotopic (exact) mass is 408 g/mol. The minimum absolute atomic E-state index is 0.00858. The van der Waals surface area contributed by atoms with E-state index in [0.29, 0.717) is 23.6 Å². The van der Waals surface area contributed by atoms with Crippen LogP contribution in [0, 0.1) is 0 Å². The Morgan fingerprint density at radius 3 is 2.79 bits per heavy atom. The maximum absolute atomic E-state index is 13.1. The normalized spacial score (nSPS) is 11.2. The maximum Gasteiger partial charge on any atom is 0.337 e. The predicted molar refractivity (Wildman–Crippen MR) is 114 cm³/mol. The van der Waals surface area contributed by atoms with Gasteiger partial charge in [-0.05, 0) is 17.9 Å². The van der Waals surface area contributed by atoms with Gasteiger partial charge in [0.1, 0.15) is 23.0 Å². The van der Waals surface area contributed by atoms with Crippen molar-refractivity contribution in [3.63, 3.8) is 0 Å². The first kappa shape index (κ1) is 19.1. The number of aromatic nitrogens is 2. The summed E-state index contributed by atoms with van der Waals surface area (Å²) in [6.45, 7) is 2.60. The third-order valence-corrected chi connectivity index (χ3v) is 5.67. The second kappa shape index (κ2) is 8.05. The van der Waals surface area contributed by atoms with Crippen LogP contribution in [0.15, 0.2) is 52.6 Å². The smallest absolute Gasteiger partial charge is 0.337 e. The van der Waals surface area contributed by atoms with Gasteiger partial charge < -0.3 is 9.84 Å². The van der Waals surface area contributed by atoms with Gasteiger partial charge in [0.05, 0.1) is 17.5 Å². The molecule has 0 atom stereocenters. The Hall–Kier alpha value is -3.19. The Labute approximate surface area is 171 Å². The Bertz CT molecular complexity index is 1250. The number of aromatic carboxylic acids is 1. The standard InChI is InChI=1S/C22H20N2O4S/c1-2-6-18-23-20-19(16(13-29-20)22(26)27)21(25)24(18)11-12-28-17-10-5-8-14-7-3-4-9-15(14)17/h3-5,7-10,13H,2,6,11-12H2,1H3,(H,26,27). The van der Waals surface area contributed by atoms with Gasteiger partial charge in [0.25, 0.3) is 5.56 Å². The van der Waals surface area contributed by atoms with E-state index in [1.54, 1.807) is 4.57 Å². The summed E-state index contributed by atoms with van der Waals surface area (Å²) in [6.07, 6.45) is 1.47. The molecular weight excluding hydrogens is 388 g/mol. The van der Waals surface area contributed by atoms with Crippen molar-refractivity contribution < 1.29 is 14.6 Å². The Balaban J connectivity index is 1.66. The van der Waals surface area contributed by atoms with Crippen LogP contribution in [0.4, 0.5) is 0 Å². The van der Waals surface area contributed by atoms with Crippen LogP contribution in [0.25, 0.3) is 21.0 Å². The van der Waals surface area contributed by atoms with Crippen LogP contribution < -0.4 is 10.3 Å². The van der Waals surface area contributed by atoms with Crippen LogP contribution in [-0.4, -0.2) is 27.2 Å². The molecular formula is C22H20N2O4S. The van der Waals surface area contributed by atoms with E-state index in [9.17, 15) is 14.7 Å². The number of rotatable bonds is 7. The van der Waals surface area contributed by atoms with Gasteiger partial charge >= 0.3 is 5.97 Å². The van der Waals surface area contributed by atoms with Gasteiger partial charge in [-0.25, -0.2) is 9.78 Å². The molecule has 4 rings (SSSR count). The van der Waals surface area contributed by atoms with Crippen LogP contribution in [0.2, 0.25) is 0 Å². The molecule has 0 fully saturated rings. The average molecular weight is 408 g/mol. The lowest BCUT2D eigenvalue weighted by Gasteiger charge is -2.14. The largest absolute Gasteiger partial charge is 0.491 e. The maximum atomic E-state index is 13.1. The number of aryl methyl sites for hydroxylation is 1. The van der Waals surface area contributed by atoms with Crippen LogP contribution in [-0.2, 0) is 13.0 Å². The zero-order valence-corrected chi connectivity index (χ0v) is 16.7. The van der Waals surface area contributed by atoms with Crippen molar-refractivity contribution in [2.75, 3.05) is 6.61 Å². The molecule has 2 aromatic carbocycles. The Morgan fingerprint density at radius 2 is 2.00 bits per heavy atom. The van der Waals surface area contributed by atoms with Gasteiger partial charge in [-0.2, -0.15) is 0 Å². The lowest BCUT2D eigenvalue weighted by atomic mass is 10.1. The lowest BCUT2D eigenvalue weighted by Crippen LogP contribution is -2.28. The summed E-state index contributed by atoms with van der Waals surface area (Å²) in [6, 6.07) is 13.8. The summed E-state index contributed by atoms with van der Waals surface area (Å²) in [7, 11) is 0. The molecule has 148 valence electrons. The average Bonchev–Trinajstić information content (AvgIpc) is 3.15. The zero-order valence-electron chi connectivity index (χ0n) is 15.9. The molecule has 7 heteroatoms. The van der Waals surface area contributed by atoms with Gasteiger partial charge in [0.2, 0.25) is 0 Å². The van der Waals surface area contributed by atoms with Crippen molar-refractivity contribution in [1.29, 1.82) is 0 Å². The first-order valence-corrected chi connectivity index (χ1v) is 10.3. The second-order valence-corrected chi connectivity index (χ2v) is 7.55. The molecule has 0 aliphatic rings. The van der Waals surface area contributed by atoms with Crippen LogP contribution >= 0.6 is 11.3 Å². The molecule has 0 spiro atoms. The number of carbonyl (C=O) groups is 1. The summed E-state index contributed by atoms with van der Waals surface area (Å²) in [5, 5.41) is 13.1. The minimum atomic E-state index is -1.11. The molecule has 4 aromatic rings. The topological polar surface area (TPSA) is 81.4 Å². The van der Waals surface area contributed by atoms with E-state index in [1.807, 2.05) is 49.4 Å². The van der Waals surface area contributed by atoms with E-state index in [-0.39, 0.29) is 23.1 Å². The summed E-state index contributed by atoms with van der Waals surface area (Å²) < 4.78 is 7.53. The highest BCUT2D eigenvalue weighted by atomic mass is 32.1. The van der Waals surface area contributed by atoms with Gasteiger partial charge in [-0.15, -0.1) is 11.3 Å². The lowest BCUT2D eigenvalue weighted by molar-refractivity contribution is 0.0699. The second-order valence-electron chi connectivity index (χ2n) is 6.70. The number of thiophene rings is 1. The quantitative estimate of drug-likeness (QED) is 0.492. The molecule has 1 N–H and O–H groups in total. The molecule has 2 heterocycles. The summed E-state index contributed by atoms with van der Waals surface area (Å²) in [5.74, 6) is 0.297. The number of fused-ring (bicyclic) bond motifs is 2. The van der Waals surface area contributed by atoms with Gasteiger partial charge in [0, 0.05) is 17.2 Å². The molecule has 0 radical (unpaired) electrons. The van der Waals surface area contributed by atoms with Crippen LogP contribution in [0.1, 0.15) is 29.5 Å². The summed E-state index contributed by atoms with van der Waals surface area (Å²) >= 11 is 1.19. The van der Waals surface area contributed by atoms with Gasteiger partial charge in [-0.1, -0.05) is 43.3 Å². The predicted octanol–water partition coefficient (Wildman–Crippen LogP) is 4.34. The van der Waals surface area contributed by atoms with Crippen molar-refractivity contribution >= 4 is 38.3 Å². The Kier molecular flexibility index (Phi) is 5.31. The molecule has 0 saturated carbocycles. The molecule has 0 saturated heterocycles. The fourth-order valence-electron chi connectivity index (χ4n) is 3.44. The van der Waals surface area contributed by atoms with E-state index in [0.717, 1.165) is 22.9 Å². The first-order valence-electron chi connectivity index (χ1n) is 9.45. The number of carboxylic acids is 1. The number of nitrogens with zero attached hydrogens (tertiary/aromatic N) is 2. The first-order chi connectivity index (χ1) is 14.1. The molecule has 2 aromatic heterocycles. The molecule has 6 nitrogen and oxygen atoms in total. The number of ether oxygens (including phenoxy) is 1. The highest BCUT2D eigenvalue weighted by Gasteiger charge is 2.19. The molecule has 0 bridgehead atoms. The van der Waals surface area contributed by atoms with Gasteiger partial charge in [-0.3, -0.25) is 9.36 Å². The summed E-state index contributed by atoms with van der Waals surface area (Å²) in [4.78, 5) is 29.6. The molecule has 0 aliphatic heterocycles. The van der Waals surface area contributed by atoms with Gasteiger partial charge in [0.15, 0.2) is 0 Å². The number of benzene rings is 2. The number of carboxylic acid groups (broad SMARTS) is 1.